The van der Waals surface area contributed by atoms with Crippen molar-refractivity contribution in [3.8, 4) is 5.75 Å². The van der Waals surface area contributed by atoms with Gasteiger partial charge in [-0.05, 0) is 0 Å². The van der Waals surface area contributed by atoms with Crippen LogP contribution in [0.25, 0.3) is 0 Å². The van der Waals surface area contributed by atoms with Gasteiger partial charge in [0.1, 0.15) is 0 Å². The Bertz CT molecular complexity index is 322. The average Bonchev–Trinajstić information content (AvgIpc) is 1.99. The molecule has 0 aromatic heterocycles. The number of non-ortho nitro benzene ring substituents is 1. The monoisotopic (exact) mass is 245 g/mol. The smallest absolute Gasteiger partial charge is 0.870 e. The summed E-state index contributed by atoms with van der Waals surface area (Å²) in [5.41, 5.74) is -0.287. The van der Waals surface area contributed by atoms with Gasteiger partial charge in [0.2, 0.25) is 0 Å². The van der Waals surface area contributed by atoms with Crippen molar-refractivity contribution in [1.82, 2.24) is 0 Å². The molecule has 0 aliphatic rings. The molecule has 0 heterocycles. The Balaban J connectivity index is 0.00000144. The number of nitro benzene ring substituents is 1. The standard InChI is InChI=1S/C6H3Cl2NO3.K/c7-4-1-3(9(11)12)2-5(8)6(4)10;/h1-2,10H;/q;+1/p-1. The summed E-state index contributed by atoms with van der Waals surface area (Å²) in [6.45, 7) is 0. The average molecular weight is 246 g/mol. The molecular weight excluding hydrogens is 244 g/mol. The number of halogens is 2. The van der Waals surface area contributed by atoms with E-state index in [2.05, 4.69) is 0 Å². The van der Waals surface area contributed by atoms with Crippen molar-refractivity contribution in [1.29, 1.82) is 0 Å². The predicted octanol–water partition coefficient (Wildman–Crippen LogP) is -1.02. The van der Waals surface area contributed by atoms with Crippen LogP contribution in [0.3, 0.4) is 0 Å². The molecule has 1 aromatic rings. The van der Waals surface area contributed by atoms with Crippen molar-refractivity contribution in [2.75, 3.05) is 0 Å². The Kier molecular flexibility index (Phi) is 5.77. The maximum atomic E-state index is 10.9. The molecule has 0 unspecified atom stereocenters. The van der Waals surface area contributed by atoms with E-state index in [0.29, 0.717) is 0 Å². The predicted molar refractivity (Wildman–Crippen MR) is 42.6 cm³/mol. The first-order chi connectivity index (χ1) is 5.52. The fourth-order valence-corrected chi connectivity index (χ4v) is 1.13. The molecule has 1 aromatic carbocycles. The van der Waals surface area contributed by atoms with Crippen molar-refractivity contribution in [2.24, 2.45) is 0 Å². The summed E-state index contributed by atoms with van der Waals surface area (Å²) < 4.78 is 0. The van der Waals surface area contributed by atoms with Gasteiger partial charge >= 0.3 is 51.4 Å². The number of benzene rings is 1. The van der Waals surface area contributed by atoms with Crippen LogP contribution in [0.4, 0.5) is 5.69 Å². The Morgan fingerprint density at radius 3 is 1.92 bits per heavy atom. The minimum absolute atomic E-state index is 0. The van der Waals surface area contributed by atoms with Gasteiger partial charge in [-0.25, -0.2) is 0 Å². The van der Waals surface area contributed by atoms with E-state index in [1.807, 2.05) is 0 Å². The van der Waals surface area contributed by atoms with Crippen LogP contribution in [0.5, 0.6) is 5.75 Å². The van der Waals surface area contributed by atoms with Gasteiger partial charge in [-0.15, -0.1) is 0 Å². The third-order valence-corrected chi connectivity index (χ3v) is 1.76. The molecule has 0 bridgehead atoms. The molecule has 0 saturated carbocycles. The molecule has 0 radical (unpaired) electrons. The second-order valence-electron chi connectivity index (χ2n) is 2.00. The van der Waals surface area contributed by atoms with E-state index in [0.717, 1.165) is 12.1 Å². The second kappa shape index (κ2) is 5.50. The fraction of sp³-hybridized carbons (Fsp3) is 0. The van der Waals surface area contributed by atoms with Crippen molar-refractivity contribution < 1.29 is 61.4 Å². The summed E-state index contributed by atoms with van der Waals surface area (Å²) in [7, 11) is 0. The van der Waals surface area contributed by atoms with E-state index in [9.17, 15) is 15.2 Å². The van der Waals surface area contributed by atoms with E-state index >= 15 is 0 Å². The van der Waals surface area contributed by atoms with E-state index < -0.39 is 10.7 Å². The third-order valence-electron chi connectivity index (χ3n) is 1.19. The summed E-state index contributed by atoms with van der Waals surface area (Å²) >= 11 is 10.7. The molecule has 64 valence electrons. The summed E-state index contributed by atoms with van der Waals surface area (Å²) in [4.78, 5) is 9.53. The molecule has 0 atom stereocenters. The normalized spacial score (nSPS) is 9.08. The minimum Gasteiger partial charge on any atom is -0.870 e. The van der Waals surface area contributed by atoms with Crippen molar-refractivity contribution in [2.45, 2.75) is 0 Å². The van der Waals surface area contributed by atoms with Gasteiger partial charge in [0.25, 0.3) is 5.69 Å². The van der Waals surface area contributed by atoms with Crippen LogP contribution in [0.15, 0.2) is 12.1 Å². The van der Waals surface area contributed by atoms with Gasteiger partial charge < -0.3 is 5.11 Å². The van der Waals surface area contributed by atoms with Crippen molar-refractivity contribution >= 4 is 28.9 Å². The van der Waals surface area contributed by atoms with E-state index in [-0.39, 0.29) is 67.1 Å². The summed E-state index contributed by atoms with van der Waals surface area (Å²) in [5, 5.41) is 20.6. The minimum atomic E-state index is -0.669. The molecular formula is C6H2Cl2KNO3. The number of hydrogen-bond acceptors (Lipinski definition) is 3. The quantitative estimate of drug-likeness (QED) is 0.362. The second-order valence-corrected chi connectivity index (χ2v) is 2.81. The maximum Gasteiger partial charge on any atom is 1.00 e. The van der Waals surface area contributed by atoms with Crippen LogP contribution >= 0.6 is 23.2 Å². The van der Waals surface area contributed by atoms with Gasteiger partial charge in [0, 0.05) is 22.2 Å². The summed E-state index contributed by atoms with van der Waals surface area (Å²) in [6.07, 6.45) is 0. The van der Waals surface area contributed by atoms with Gasteiger partial charge in [0.15, 0.2) is 0 Å². The van der Waals surface area contributed by atoms with Crippen LogP contribution in [0, 0.1) is 10.1 Å². The van der Waals surface area contributed by atoms with Crippen LogP contribution in [-0.2, 0) is 0 Å². The fourth-order valence-electron chi connectivity index (χ4n) is 0.652. The molecule has 1 rings (SSSR count). The van der Waals surface area contributed by atoms with Crippen LogP contribution in [0.2, 0.25) is 10.0 Å². The Morgan fingerprint density at radius 2 is 1.62 bits per heavy atom. The maximum absolute atomic E-state index is 10.9. The summed E-state index contributed by atoms with van der Waals surface area (Å²) in [5.74, 6) is -0.594. The van der Waals surface area contributed by atoms with Crippen molar-refractivity contribution in [3.63, 3.8) is 0 Å². The third kappa shape index (κ3) is 3.36. The zero-order valence-corrected chi connectivity index (χ0v) is 11.2. The number of nitro groups is 1. The SMILES string of the molecule is O=[N+]([O-])c1cc(Cl)c([O-])c(Cl)c1.[K+]. The van der Waals surface area contributed by atoms with Crippen molar-refractivity contribution in [3.05, 3.63) is 32.3 Å². The van der Waals surface area contributed by atoms with Gasteiger partial charge in [-0.1, -0.05) is 29.0 Å². The van der Waals surface area contributed by atoms with Crippen LogP contribution < -0.4 is 56.5 Å². The Morgan fingerprint density at radius 1 is 1.23 bits per heavy atom. The first-order valence-electron chi connectivity index (χ1n) is 2.83. The molecule has 0 amide bonds. The molecule has 4 nitrogen and oxygen atoms in total. The number of nitrogens with zero attached hydrogens (tertiary/aromatic N) is 1. The molecule has 0 aliphatic carbocycles. The van der Waals surface area contributed by atoms with Crippen LogP contribution in [0.1, 0.15) is 0 Å². The van der Waals surface area contributed by atoms with Gasteiger partial charge in [0.05, 0.1) is 4.92 Å². The van der Waals surface area contributed by atoms with Gasteiger partial charge in [-0.2, -0.15) is 0 Å². The zero-order chi connectivity index (χ0) is 9.30. The molecule has 7 heteroatoms. The molecule has 0 aliphatic heterocycles. The molecule has 0 N–H and O–H groups in total. The summed E-state index contributed by atoms with van der Waals surface area (Å²) in [6, 6.07) is 1.94. The number of rotatable bonds is 1. The molecule has 0 saturated heterocycles. The Hall–Kier alpha value is 0.636. The van der Waals surface area contributed by atoms with E-state index in [1.165, 1.54) is 0 Å². The molecule has 0 spiro atoms. The van der Waals surface area contributed by atoms with Gasteiger partial charge in [-0.3, -0.25) is 10.1 Å². The first kappa shape index (κ1) is 13.6. The topological polar surface area (TPSA) is 66.2 Å². The largest absolute Gasteiger partial charge is 1.00 e. The number of hydrogen-bond donors (Lipinski definition) is 0. The molecule has 13 heavy (non-hydrogen) atoms. The first-order valence-corrected chi connectivity index (χ1v) is 3.58. The zero-order valence-electron chi connectivity index (χ0n) is 6.58. The van der Waals surface area contributed by atoms with E-state index in [1.54, 1.807) is 0 Å². The Labute approximate surface area is 126 Å². The van der Waals surface area contributed by atoms with Crippen LogP contribution in [-0.4, -0.2) is 4.92 Å². The molecule has 0 fully saturated rings. The van der Waals surface area contributed by atoms with E-state index in [4.69, 9.17) is 23.2 Å².